The van der Waals surface area contributed by atoms with Crippen LogP contribution in [0.4, 0.5) is 0 Å². The molecular formula is C10H13BrN2O5. The van der Waals surface area contributed by atoms with Crippen LogP contribution in [-0.4, -0.2) is 40.6 Å². The van der Waals surface area contributed by atoms with E-state index in [0.29, 0.717) is 18.0 Å². The number of carbonyl (C=O) groups excluding carboxylic acids is 4. The van der Waals surface area contributed by atoms with E-state index in [4.69, 9.17) is 0 Å². The first kappa shape index (κ1) is 14.6. The zero-order chi connectivity index (χ0) is 13.5. The summed E-state index contributed by atoms with van der Waals surface area (Å²) in [5.41, 5.74) is 0. The number of carbonyl (C=O) groups is 4. The molecule has 3 amide bonds. The van der Waals surface area contributed by atoms with Gasteiger partial charge in [0.2, 0.25) is 5.91 Å². The summed E-state index contributed by atoms with van der Waals surface area (Å²) in [5.74, 6) is -1.83. The molecule has 0 radical (unpaired) electrons. The van der Waals surface area contributed by atoms with E-state index >= 15 is 0 Å². The largest absolute Gasteiger partial charge is 0.355 e. The smallest absolute Gasteiger partial charge is 0.333 e. The van der Waals surface area contributed by atoms with Crippen LogP contribution in [0.5, 0.6) is 0 Å². The molecule has 1 heterocycles. The normalized spacial score (nSPS) is 14.8. The summed E-state index contributed by atoms with van der Waals surface area (Å²) in [7, 11) is 0. The lowest BCUT2D eigenvalue weighted by Crippen LogP contribution is -2.32. The summed E-state index contributed by atoms with van der Waals surface area (Å²) in [6, 6.07) is 0. The molecule has 1 rings (SSSR count). The Kier molecular flexibility index (Phi) is 5.76. The molecule has 1 N–H and O–H groups in total. The Labute approximate surface area is 112 Å². The van der Waals surface area contributed by atoms with Gasteiger partial charge in [-0.05, 0) is 6.42 Å². The van der Waals surface area contributed by atoms with E-state index in [-0.39, 0.29) is 30.5 Å². The minimum absolute atomic E-state index is 0.0274. The van der Waals surface area contributed by atoms with Gasteiger partial charge in [-0.25, -0.2) is 4.79 Å². The molecular weight excluding hydrogens is 308 g/mol. The molecule has 8 heteroatoms. The number of nitrogens with zero attached hydrogens (tertiary/aromatic N) is 1. The molecule has 0 aromatic carbocycles. The van der Waals surface area contributed by atoms with Crippen molar-refractivity contribution in [3.05, 3.63) is 0 Å². The SMILES string of the molecule is O=C(CBr)NCCCC(=O)ON1C(=O)CCC1=O. The molecule has 0 spiro atoms. The van der Waals surface area contributed by atoms with Crippen molar-refractivity contribution in [1.82, 2.24) is 10.4 Å². The van der Waals surface area contributed by atoms with Crippen LogP contribution < -0.4 is 5.32 Å². The maximum atomic E-state index is 11.3. The molecule has 100 valence electrons. The first-order valence-corrected chi connectivity index (χ1v) is 6.56. The summed E-state index contributed by atoms with van der Waals surface area (Å²) in [5, 5.41) is 3.27. The molecule has 1 aliphatic heterocycles. The van der Waals surface area contributed by atoms with Gasteiger partial charge >= 0.3 is 5.97 Å². The zero-order valence-corrected chi connectivity index (χ0v) is 11.2. The second-order valence-electron chi connectivity index (χ2n) is 3.63. The predicted molar refractivity (Wildman–Crippen MR) is 63.2 cm³/mol. The van der Waals surface area contributed by atoms with Crippen molar-refractivity contribution >= 4 is 39.6 Å². The standard InChI is InChI=1S/C10H13BrN2O5/c11-6-7(14)12-5-1-2-10(17)18-13-8(15)3-4-9(13)16/h1-6H2,(H,12,14). The summed E-state index contributed by atoms with van der Waals surface area (Å²) >= 11 is 2.98. The molecule has 1 fully saturated rings. The summed E-state index contributed by atoms with van der Waals surface area (Å²) in [6.45, 7) is 0.335. The third kappa shape index (κ3) is 4.44. The molecule has 7 nitrogen and oxygen atoms in total. The highest BCUT2D eigenvalue weighted by Crippen LogP contribution is 2.12. The fourth-order valence-electron chi connectivity index (χ4n) is 1.31. The lowest BCUT2D eigenvalue weighted by Gasteiger charge is -2.12. The van der Waals surface area contributed by atoms with E-state index in [9.17, 15) is 19.2 Å². The molecule has 18 heavy (non-hydrogen) atoms. The van der Waals surface area contributed by atoms with Crippen LogP contribution in [0.1, 0.15) is 25.7 Å². The van der Waals surface area contributed by atoms with E-state index < -0.39 is 17.8 Å². The fraction of sp³-hybridized carbons (Fsp3) is 0.600. The third-order valence-electron chi connectivity index (χ3n) is 2.20. The molecule has 1 saturated heterocycles. The minimum atomic E-state index is -0.660. The lowest BCUT2D eigenvalue weighted by atomic mass is 10.3. The number of hydrogen-bond acceptors (Lipinski definition) is 5. The van der Waals surface area contributed by atoms with Gasteiger partial charge in [0, 0.05) is 25.8 Å². The number of amides is 3. The van der Waals surface area contributed by atoms with Crippen LogP contribution >= 0.6 is 15.9 Å². The second kappa shape index (κ2) is 7.10. The fourth-order valence-corrected chi connectivity index (χ4v) is 1.51. The maximum absolute atomic E-state index is 11.3. The molecule has 0 aromatic heterocycles. The summed E-state index contributed by atoms with van der Waals surface area (Å²) < 4.78 is 0. The van der Waals surface area contributed by atoms with Crippen LogP contribution in [0, 0.1) is 0 Å². The van der Waals surface area contributed by atoms with Crippen molar-refractivity contribution < 1.29 is 24.0 Å². The van der Waals surface area contributed by atoms with Crippen LogP contribution in [0.3, 0.4) is 0 Å². The summed E-state index contributed by atoms with van der Waals surface area (Å²) in [6.07, 6.45) is 0.564. The Balaban J connectivity index is 2.20. The maximum Gasteiger partial charge on any atom is 0.333 e. The number of hydroxylamine groups is 2. The van der Waals surface area contributed by atoms with Gasteiger partial charge in [0.1, 0.15) is 0 Å². The Hall–Kier alpha value is -1.44. The molecule has 0 saturated carbocycles. The van der Waals surface area contributed by atoms with Crippen molar-refractivity contribution in [2.45, 2.75) is 25.7 Å². The number of imide groups is 1. The van der Waals surface area contributed by atoms with Gasteiger partial charge in [0.25, 0.3) is 11.8 Å². The van der Waals surface area contributed by atoms with E-state index in [0.717, 1.165) is 0 Å². The van der Waals surface area contributed by atoms with E-state index in [1.54, 1.807) is 0 Å². The first-order valence-electron chi connectivity index (χ1n) is 5.44. The highest BCUT2D eigenvalue weighted by Gasteiger charge is 2.32. The zero-order valence-electron chi connectivity index (χ0n) is 9.61. The van der Waals surface area contributed by atoms with E-state index in [2.05, 4.69) is 26.1 Å². The highest BCUT2D eigenvalue weighted by atomic mass is 79.9. The molecule has 0 bridgehead atoms. The molecule has 0 atom stereocenters. The number of halogens is 1. The van der Waals surface area contributed by atoms with Crippen molar-refractivity contribution in [2.75, 3.05) is 11.9 Å². The minimum Gasteiger partial charge on any atom is -0.355 e. The average molecular weight is 321 g/mol. The molecule has 0 aromatic rings. The Morgan fingerprint density at radius 1 is 1.28 bits per heavy atom. The van der Waals surface area contributed by atoms with Gasteiger partial charge in [0.15, 0.2) is 0 Å². The predicted octanol–water partition coefficient (Wildman–Crippen LogP) is -0.115. The van der Waals surface area contributed by atoms with Crippen molar-refractivity contribution in [1.29, 1.82) is 0 Å². The van der Waals surface area contributed by atoms with Gasteiger partial charge in [-0.15, -0.1) is 5.06 Å². The number of hydrogen-bond donors (Lipinski definition) is 1. The molecule has 0 unspecified atom stereocenters. The summed E-state index contributed by atoms with van der Waals surface area (Å²) in [4.78, 5) is 49.1. The van der Waals surface area contributed by atoms with Gasteiger partial charge in [0.05, 0.1) is 5.33 Å². The molecule has 0 aliphatic carbocycles. The number of nitrogens with one attached hydrogen (secondary N) is 1. The van der Waals surface area contributed by atoms with Gasteiger partial charge < -0.3 is 10.2 Å². The lowest BCUT2D eigenvalue weighted by molar-refractivity contribution is -0.197. The van der Waals surface area contributed by atoms with Gasteiger partial charge in [-0.2, -0.15) is 0 Å². The Morgan fingerprint density at radius 2 is 1.89 bits per heavy atom. The Morgan fingerprint density at radius 3 is 2.44 bits per heavy atom. The number of rotatable bonds is 6. The van der Waals surface area contributed by atoms with E-state index in [1.807, 2.05) is 0 Å². The quantitative estimate of drug-likeness (QED) is 0.418. The van der Waals surface area contributed by atoms with Crippen molar-refractivity contribution in [2.24, 2.45) is 0 Å². The van der Waals surface area contributed by atoms with Crippen LogP contribution in [0.2, 0.25) is 0 Å². The van der Waals surface area contributed by atoms with Crippen LogP contribution in [-0.2, 0) is 24.0 Å². The Bertz CT molecular complexity index is 355. The first-order chi connectivity index (χ1) is 8.54. The monoisotopic (exact) mass is 320 g/mol. The van der Waals surface area contributed by atoms with Crippen LogP contribution in [0.25, 0.3) is 0 Å². The van der Waals surface area contributed by atoms with Gasteiger partial charge in [-0.1, -0.05) is 15.9 Å². The van der Waals surface area contributed by atoms with Crippen molar-refractivity contribution in [3.63, 3.8) is 0 Å². The second-order valence-corrected chi connectivity index (χ2v) is 4.19. The highest BCUT2D eigenvalue weighted by molar-refractivity contribution is 9.09. The van der Waals surface area contributed by atoms with Crippen LogP contribution in [0.15, 0.2) is 0 Å². The topological polar surface area (TPSA) is 92.8 Å². The molecule has 1 aliphatic rings. The number of alkyl halides is 1. The van der Waals surface area contributed by atoms with Gasteiger partial charge in [-0.3, -0.25) is 14.4 Å². The van der Waals surface area contributed by atoms with Crippen molar-refractivity contribution in [3.8, 4) is 0 Å². The van der Waals surface area contributed by atoms with E-state index in [1.165, 1.54) is 0 Å². The third-order valence-corrected chi connectivity index (χ3v) is 2.71. The average Bonchev–Trinajstić information content (AvgIpc) is 2.66.